The maximum absolute atomic E-state index is 12.9. The third-order valence-corrected chi connectivity index (χ3v) is 4.84. The van der Waals surface area contributed by atoms with E-state index in [9.17, 15) is 4.79 Å². The van der Waals surface area contributed by atoms with Crippen molar-refractivity contribution >= 4 is 16.9 Å². The number of rotatable bonds is 3. The number of nitrogens with zero attached hydrogens (tertiary/aromatic N) is 5. The van der Waals surface area contributed by atoms with Gasteiger partial charge in [0, 0.05) is 48.5 Å². The Morgan fingerprint density at radius 2 is 2.24 bits per heavy atom. The van der Waals surface area contributed by atoms with Gasteiger partial charge >= 0.3 is 0 Å². The van der Waals surface area contributed by atoms with Gasteiger partial charge in [0.15, 0.2) is 5.65 Å². The quantitative estimate of drug-likeness (QED) is 0.796. The topological polar surface area (TPSA) is 79.7 Å². The molecule has 25 heavy (non-hydrogen) atoms. The number of amides is 1. The molecule has 1 amide bonds. The average molecular weight is 338 g/mol. The van der Waals surface area contributed by atoms with Crippen LogP contribution in [0.3, 0.4) is 0 Å². The monoisotopic (exact) mass is 338 g/mol. The van der Waals surface area contributed by atoms with Crippen molar-refractivity contribution in [3.05, 3.63) is 42.0 Å². The van der Waals surface area contributed by atoms with E-state index in [1.165, 1.54) is 0 Å². The average Bonchev–Trinajstić information content (AvgIpc) is 3.30. The smallest absolute Gasteiger partial charge is 0.255 e. The Balaban J connectivity index is 1.57. The summed E-state index contributed by atoms with van der Waals surface area (Å²) >= 11 is 0. The predicted octanol–water partition coefficient (Wildman–Crippen LogP) is 2.76. The minimum absolute atomic E-state index is 0.0379. The van der Waals surface area contributed by atoms with E-state index in [1.807, 2.05) is 21.7 Å². The van der Waals surface area contributed by atoms with Crippen molar-refractivity contribution in [3.63, 3.8) is 0 Å². The number of H-pyrrole nitrogens is 1. The van der Waals surface area contributed by atoms with Gasteiger partial charge in [-0.05, 0) is 38.8 Å². The maximum atomic E-state index is 12.9. The standard InChI is InChI=1S/C18H22N6O/c1-12(2)24-17-14(10-21-24)8-15(9-19-17)18(25)23-7-3-4-13(11-23)16-5-6-20-22-16/h5-6,8-10,12-13H,3-4,7,11H2,1-2H3,(H,20,22)/t13-/m0/s1. The third-order valence-electron chi connectivity index (χ3n) is 4.84. The number of hydrogen-bond acceptors (Lipinski definition) is 4. The minimum Gasteiger partial charge on any atom is -0.338 e. The van der Waals surface area contributed by atoms with E-state index in [1.54, 1.807) is 18.6 Å². The van der Waals surface area contributed by atoms with Crippen LogP contribution in [0.15, 0.2) is 30.7 Å². The van der Waals surface area contributed by atoms with Crippen molar-refractivity contribution in [2.75, 3.05) is 13.1 Å². The number of nitrogens with one attached hydrogen (secondary N) is 1. The summed E-state index contributed by atoms with van der Waals surface area (Å²) in [5.74, 6) is 0.358. The van der Waals surface area contributed by atoms with Gasteiger partial charge in [-0.15, -0.1) is 0 Å². The van der Waals surface area contributed by atoms with Gasteiger partial charge in [0.2, 0.25) is 0 Å². The van der Waals surface area contributed by atoms with E-state index in [2.05, 4.69) is 34.1 Å². The molecule has 0 aliphatic carbocycles. The summed E-state index contributed by atoms with van der Waals surface area (Å²) in [6.07, 6.45) is 7.29. The number of hydrogen-bond donors (Lipinski definition) is 1. The van der Waals surface area contributed by atoms with E-state index in [4.69, 9.17) is 0 Å². The summed E-state index contributed by atoms with van der Waals surface area (Å²) in [5, 5.41) is 12.3. The van der Waals surface area contributed by atoms with E-state index < -0.39 is 0 Å². The van der Waals surface area contributed by atoms with E-state index in [0.717, 1.165) is 36.1 Å². The summed E-state index contributed by atoms with van der Waals surface area (Å²) in [6.45, 7) is 5.63. The number of fused-ring (bicyclic) bond motifs is 1. The Hall–Kier alpha value is -2.70. The minimum atomic E-state index is 0.0379. The van der Waals surface area contributed by atoms with Crippen LogP contribution in [0.4, 0.5) is 0 Å². The molecular formula is C18H22N6O. The van der Waals surface area contributed by atoms with Gasteiger partial charge in [0.1, 0.15) is 0 Å². The lowest BCUT2D eigenvalue weighted by atomic mass is 9.94. The lowest BCUT2D eigenvalue weighted by Gasteiger charge is -2.32. The van der Waals surface area contributed by atoms with Crippen LogP contribution in [0, 0.1) is 0 Å². The highest BCUT2D eigenvalue weighted by Gasteiger charge is 2.26. The van der Waals surface area contributed by atoms with Gasteiger partial charge in [-0.3, -0.25) is 9.89 Å². The van der Waals surface area contributed by atoms with Crippen LogP contribution in [0.1, 0.15) is 54.7 Å². The van der Waals surface area contributed by atoms with Gasteiger partial charge in [-0.2, -0.15) is 10.2 Å². The second-order valence-electron chi connectivity index (χ2n) is 6.92. The van der Waals surface area contributed by atoms with Crippen LogP contribution in [-0.2, 0) is 0 Å². The number of piperidine rings is 1. The Labute approximate surface area is 146 Å². The van der Waals surface area contributed by atoms with Gasteiger partial charge in [-0.1, -0.05) is 0 Å². The van der Waals surface area contributed by atoms with Crippen molar-refractivity contribution in [1.82, 2.24) is 29.9 Å². The Bertz CT molecular complexity index is 882. The molecule has 3 aromatic heterocycles. The molecule has 0 saturated carbocycles. The summed E-state index contributed by atoms with van der Waals surface area (Å²) < 4.78 is 1.87. The molecule has 1 N–H and O–H groups in total. The summed E-state index contributed by atoms with van der Waals surface area (Å²) in [6, 6.07) is 4.13. The second-order valence-corrected chi connectivity index (χ2v) is 6.92. The molecule has 4 rings (SSSR count). The maximum Gasteiger partial charge on any atom is 0.255 e. The molecule has 1 aliphatic rings. The highest BCUT2D eigenvalue weighted by atomic mass is 16.2. The van der Waals surface area contributed by atoms with Crippen molar-refractivity contribution in [2.45, 2.75) is 38.6 Å². The van der Waals surface area contributed by atoms with Crippen LogP contribution in [0.5, 0.6) is 0 Å². The van der Waals surface area contributed by atoms with Gasteiger partial charge < -0.3 is 4.90 Å². The third kappa shape index (κ3) is 2.90. The van der Waals surface area contributed by atoms with Crippen LogP contribution in [0.25, 0.3) is 11.0 Å². The molecule has 0 bridgehead atoms. The summed E-state index contributed by atoms with van der Waals surface area (Å²) in [7, 11) is 0. The first-order valence-electron chi connectivity index (χ1n) is 8.75. The largest absolute Gasteiger partial charge is 0.338 e. The van der Waals surface area contributed by atoms with Crippen LogP contribution < -0.4 is 0 Å². The van der Waals surface area contributed by atoms with E-state index in [-0.39, 0.29) is 11.9 Å². The molecule has 0 unspecified atom stereocenters. The predicted molar refractivity (Wildman–Crippen MR) is 94.4 cm³/mol. The number of carbonyl (C=O) groups excluding carboxylic acids is 1. The van der Waals surface area contributed by atoms with Crippen molar-refractivity contribution in [1.29, 1.82) is 0 Å². The van der Waals surface area contributed by atoms with Gasteiger partial charge in [0.05, 0.1) is 11.8 Å². The van der Waals surface area contributed by atoms with Crippen LogP contribution in [-0.4, -0.2) is 48.9 Å². The molecular weight excluding hydrogens is 316 g/mol. The number of aromatic nitrogens is 5. The molecule has 0 spiro atoms. The van der Waals surface area contributed by atoms with Crippen molar-refractivity contribution < 1.29 is 4.79 Å². The molecule has 130 valence electrons. The highest BCUT2D eigenvalue weighted by molar-refractivity contribution is 5.96. The lowest BCUT2D eigenvalue weighted by molar-refractivity contribution is 0.0705. The van der Waals surface area contributed by atoms with E-state index >= 15 is 0 Å². The highest BCUT2D eigenvalue weighted by Crippen LogP contribution is 2.26. The molecule has 1 fully saturated rings. The Morgan fingerprint density at radius 3 is 3.00 bits per heavy atom. The Morgan fingerprint density at radius 1 is 1.36 bits per heavy atom. The Kier molecular flexibility index (Phi) is 3.99. The molecule has 1 atom stereocenters. The fourth-order valence-corrected chi connectivity index (χ4v) is 3.53. The fourth-order valence-electron chi connectivity index (χ4n) is 3.53. The molecule has 7 heteroatoms. The zero-order valence-electron chi connectivity index (χ0n) is 14.5. The summed E-state index contributed by atoms with van der Waals surface area (Å²) in [5.41, 5.74) is 2.55. The molecule has 3 aromatic rings. The first-order valence-corrected chi connectivity index (χ1v) is 8.75. The van der Waals surface area contributed by atoms with Gasteiger partial charge in [-0.25, -0.2) is 9.67 Å². The SMILES string of the molecule is CC(C)n1ncc2cc(C(=O)N3CCC[C@H](c4ccn[nH]4)C3)cnc21. The normalized spacial score (nSPS) is 18.2. The zero-order valence-corrected chi connectivity index (χ0v) is 14.5. The first-order chi connectivity index (χ1) is 12.1. The van der Waals surface area contributed by atoms with E-state index in [0.29, 0.717) is 18.0 Å². The number of aromatic amines is 1. The molecule has 1 aliphatic heterocycles. The number of likely N-dealkylation sites (tertiary alicyclic amines) is 1. The molecule has 0 aromatic carbocycles. The van der Waals surface area contributed by atoms with Crippen molar-refractivity contribution in [2.24, 2.45) is 0 Å². The van der Waals surface area contributed by atoms with Crippen LogP contribution in [0.2, 0.25) is 0 Å². The first kappa shape index (κ1) is 15.8. The second kappa shape index (κ2) is 6.31. The number of carbonyl (C=O) groups is 1. The lowest BCUT2D eigenvalue weighted by Crippen LogP contribution is -2.39. The van der Waals surface area contributed by atoms with Crippen molar-refractivity contribution in [3.8, 4) is 0 Å². The van der Waals surface area contributed by atoms with Crippen LogP contribution >= 0.6 is 0 Å². The van der Waals surface area contributed by atoms with Gasteiger partial charge in [0.25, 0.3) is 5.91 Å². The summed E-state index contributed by atoms with van der Waals surface area (Å²) in [4.78, 5) is 19.3. The molecule has 1 saturated heterocycles. The number of pyridine rings is 1. The zero-order chi connectivity index (χ0) is 17.4. The molecule has 7 nitrogen and oxygen atoms in total. The molecule has 0 radical (unpaired) electrons. The fraction of sp³-hybridized carbons (Fsp3) is 0.444. The molecule has 4 heterocycles.